The van der Waals surface area contributed by atoms with Crippen molar-refractivity contribution in [1.82, 2.24) is 51.5 Å². The molecule has 0 saturated carbocycles. The first kappa shape index (κ1) is 109. The summed E-state index contributed by atoms with van der Waals surface area (Å²) >= 11 is 0. The van der Waals surface area contributed by atoms with Crippen molar-refractivity contribution in [2.75, 3.05) is 74.2 Å². The molecule has 4 aromatic rings. The summed E-state index contributed by atoms with van der Waals surface area (Å²) in [6, 6.07) is 12.5. The number of hydrogen-bond donors (Lipinski definition) is 10. The number of imide groups is 2. The number of unbranched alkanes of at least 4 members (excludes halogenated alkanes) is 2. The summed E-state index contributed by atoms with van der Waals surface area (Å²) < 4.78 is 48.1. The van der Waals surface area contributed by atoms with Gasteiger partial charge in [-0.15, -0.1) is 0 Å². The van der Waals surface area contributed by atoms with Gasteiger partial charge in [-0.05, 0) is 200 Å². The van der Waals surface area contributed by atoms with Gasteiger partial charge in [-0.1, -0.05) is 63.1 Å². The van der Waals surface area contributed by atoms with Crippen LogP contribution in [0.5, 0.6) is 23.0 Å². The second kappa shape index (κ2) is 48.0. The Kier molecular flexibility index (Phi) is 37.3. The Bertz CT molecular complexity index is 5110. The van der Waals surface area contributed by atoms with Crippen molar-refractivity contribution in [3.63, 3.8) is 0 Å². The molecule has 40 heteroatoms. The molecule has 8 atom stereocenters. The molecule has 0 spiro atoms. The lowest BCUT2D eigenvalue weighted by Crippen LogP contribution is -2.53. The number of aliphatic hydroxyl groups is 2. The minimum absolute atomic E-state index is 0.00565. The van der Waals surface area contributed by atoms with Gasteiger partial charge in [0.25, 0.3) is 35.4 Å². The lowest BCUT2D eigenvalue weighted by Gasteiger charge is -2.31. The highest BCUT2D eigenvalue weighted by Gasteiger charge is 2.48. The first-order valence-corrected chi connectivity index (χ1v) is 47.4. The Morgan fingerprint density at radius 2 is 0.773 bits per heavy atom. The number of nitrogens with one attached hydrogen (secondary N) is 8. The molecule has 0 radical (unpaired) electrons. The van der Waals surface area contributed by atoms with Crippen molar-refractivity contribution < 1.29 is 125 Å². The molecule has 40 nitrogen and oxygen atoms in total. The van der Waals surface area contributed by atoms with Gasteiger partial charge in [-0.2, -0.15) is 0 Å². The summed E-state index contributed by atoms with van der Waals surface area (Å²) in [6.45, 7) is 28.1. The maximum absolute atomic E-state index is 14.5. The summed E-state index contributed by atoms with van der Waals surface area (Å²) in [7, 11) is 2.78. The SMILES string of the molecule is COc1cc2c(cc1OCCCCCOc1cc3c(cc1OC)C(=O)N1C=C(C)C[C@H]1[C@H](O)N3C(=O)OCc1ccc(NC(=O)[C@H](C)NC(=O)[C@@H](NC(=O)CCC(C)(C)OCCC(C)(C)NC(=O)CCN3C(=O)C=CC3=O)C(C)C)cc1)N(C(=O)OCc1ccc(NC(=O)[C@H](C)NC(=O)[C@@H](NC(=O)CCC(C)(C)OCCC(C)(C)NC(=O)CCN3C(=O)C=CC3=O)C(C)C)cc1)[C@@H](O)[C@@H]1CC(C)=CN1C2=O. The lowest BCUT2D eigenvalue weighted by molar-refractivity contribution is -0.139. The van der Waals surface area contributed by atoms with Gasteiger partial charge in [0, 0.05) is 123 Å². The van der Waals surface area contributed by atoms with E-state index in [9.17, 15) is 86.9 Å². The molecule has 0 aliphatic carbocycles. The van der Waals surface area contributed by atoms with Crippen LogP contribution in [0.3, 0.4) is 0 Å². The number of anilines is 4. The Labute approximate surface area is 820 Å². The number of carbonyl (C=O) groups excluding carboxylic acids is 16. The van der Waals surface area contributed by atoms with Gasteiger partial charge in [0.2, 0.25) is 47.3 Å². The van der Waals surface area contributed by atoms with Gasteiger partial charge in [-0.25, -0.2) is 19.4 Å². The molecular weight excluding hydrogens is 1830 g/mol. The van der Waals surface area contributed by atoms with Crippen LogP contribution < -0.4 is 71.3 Å². The molecule has 4 aromatic carbocycles. The quantitative estimate of drug-likeness (QED) is 0.0145. The standard InChI is InChI=1S/C101H134N14O26/c1-58(2)86(106-78(116)34-38-100(13,14)140-46-40-98(9,10)108-80(118)36-42-110-82(120)30-31-83(110)121)90(126)102-62(7)88(124)104-66-26-22-64(23-27-66)56-138-96(132)114-70-52-76(74(134-17)50-68(70)92(128)112-54-60(5)48-72(112)94(114)130)136-44-20-19-21-45-137-77-53-71-69(51-75(77)135-18)93(129)113-55-61(6)49-73(113)95(131)115(71)97(133)139-57-65-24-28-67(29-25-65)105-89(125)63(8)103-91(127)87(59(3)4)107-79(117)35-39-101(15,16)141-47-41-99(11,12)109-81(119)37-43-111-84(122)32-33-85(111)123/h22-33,50-55,58-59,62-63,72-73,86-87,94-95,130-131H,19-21,34-49,56-57H2,1-18H3,(H,102,126)(H,103,127)(H,104,124)(H,105,125)(H,106,116)(H,107,117)(H,108,118)(H,109,119)/t62-,63-,72-,73-,86-,87-,94-,95-/m0/s1. The minimum Gasteiger partial charge on any atom is -0.493 e. The molecule has 6 heterocycles. The van der Waals surface area contributed by atoms with E-state index in [1.165, 1.54) is 62.1 Å². The smallest absolute Gasteiger partial charge is 0.416 e. The highest BCUT2D eigenvalue weighted by atomic mass is 16.6. The van der Waals surface area contributed by atoms with Crippen LogP contribution in [-0.4, -0.2) is 249 Å². The maximum atomic E-state index is 14.5. The molecule has 0 aromatic heterocycles. The summed E-state index contributed by atoms with van der Waals surface area (Å²) in [6.07, 6.45) is 5.73. The van der Waals surface area contributed by atoms with Crippen LogP contribution in [-0.2, 0) is 89.7 Å². The van der Waals surface area contributed by atoms with E-state index in [0.29, 0.717) is 54.6 Å². The zero-order chi connectivity index (χ0) is 103. The fraction of sp³-hybridized carbons (Fsp3) is 0.525. The van der Waals surface area contributed by atoms with E-state index in [0.717, 1.165) is 55.0 Å². The average Bonchev–Trinajstić information content (AvgIpc) is 1.61. The van der Waals surface area contributed by atoms with Crippen LogP contribution in [0.4, 0.5) is 32.3 Å². The number of carbonyl (C=O) groups is 16. The topological polar surface area (TPSA) is 503 Å². The van der Waals surface area contributed by atoms with E-state index in [-0.39, 0.29) is 173 Å². The zero-order valence-electron chi connectivity index (χ0n) is 83.4. The van der Waals surface area contributed by atoms with E-state index >= 15 is 0 Å². The van der Waals surface area contributed by atoms with Crippen LogP contribution >= 0.6 is 0 Å². The number of ether oxygens (including phenoxy) is 8. The summed E-state index contributed by atoms with van der Waals surface area (Å²) in [5.41, 5.74) is 0.191. The predicted octanol–water partition coefficient (Wildman–Crippen LogP) is 9.04. The van der Waals surface area contributed by atoms with Gasteiger partial charge >= 0.3 is 12.2 Å². The molecule has 10 N–H and O–H groups in total. The van der Waals surface area contributed by atoms with Gasteiger partial charge in [-0.3, -0.25) is 76.9 Å². The number of rotatable bonds is 48. The highest BCUT2D eigenvalue weighted by Crippen LogP contribution is 2.45. The fourth-order valence-corrected chi connectivity index (χ4v) is 16.5. The second-order valence-electron chi connectivity index (χ2n) is 39.2. The average molecular weight is 1960 g/mol. The minimum atomic E-state index is -1.62. The molecule has 0 bridgehead atoms. The predicted molar refractivity (Wildman–Crippen MR) is 517 cm³/mol. The molecule has 0 unspecified atom stereocenters. The highest BCUT2D eigenvalue weighted by molar-refractivity contribution is 6.14. The van der Waals surface area contributed by atoms with Crippen LogP contribution in [0.2, 0.25) is 0 Å². The molecule has 16 amide bonds. The van der Waals surface area contributed by atoms with Gasteiger partial charge in [0.05, 0.1) is 73.2 Å². The Balaban J connectivity index is 0.677. The van der Waals surface area contributed by atoms with Gasteiger partial charge < -0.3 is 100 Å². The Morgan fingerprint density at radius 3 is 1.11 bits per heavy atom. The number of methoxy groups -OCH3 is 2. The number of hydrogen-bond acceptors (Lipinski definition) is 26. The van der Waals surface area contributed by atoms with E-state index in [1.54, 1.807) is 102 Å². The molecule has 10 rings (SSSR count). The van der Waals surface area contributed by atoms with E-state index < -0.39 is 154 Å². The summed E-state index contributed by atoms with van der Waals surface area (Å²) in [5.74, 6) is -6.92. The molecule has 141 heavy (non-hydrogen) atoms. The van der Waals surface area contributed by atoms with Crippen molar-refractivity contribution in [2.24, 2.45) is 11.8 Å². The Morgan fingerprint density at radius 1 is 0.426 bits per heavy atom. The number of fused-ring (bicyclic) bond motifs is 4. The third-order valence-corrected chi connectivity index (χ3v) is 24.9. The van der Waals surface area contributed by atoms with Crippen molar-refractivity contribution >= 4 is 118 Å². The lowest BCUT2D eigenvalue weighted by atomic mass is 9.98. The largest absolute Gasteiger partial charge is 0.493 e. The van der Waals surface area contributed by atoms with E-state index in [2.05, 4.69) is 42.5 Å². The Hall–Kier alpha value is -13.6. The number of aliphatic hydroxyl groups excluding tert-OH is 2. The first-order valence-electron chi connectivity index (χ1n) is 47.4. The monoisotopic (exact) mass is 1960 g/mol. The third-order valence-electron chi connectivity index (χ3n) is 24.9. The van der Waals surface area contributed by atoms with Crippen molar-refractivity contribution in [1.29, 1.82) is 0 Å². The van der Waals surface area contributed by atoms with Crippen molar-refractivity contribution in [3.05, 3.63) is 143 Å². The molecular formula is C101H134N14O26. The van der Waals surface area contributed by atoms with Crippen molar-refractivity contribution in [3.8, 4) is 23.0 Å². The molecule has 6 aliphatic rings. The number of amides is 16. The molecule has 0 fully saturated rings. The van der Waals surface area contributed by atoms with E-state index in [4.69, 9.17) is 37.9 Å². The van der Waals surface area contributed by atoms with Gasteiger partial charge in [0.15, 0.2) is 35.5 Å². The molecule has 6 aliphatic heterocycles. The molecule has 764 valence electrons. The van der Waals surface area contributed by atoms with Crippen LogP contribution in [0.25, 0.3) is 0 Å². The van der Waals surface area contributed by atoms with Crippen LogP contribution in [0.1, 0.15) is 226 Å². The zero-order valence-corrected chi connectivity index (χ0v) is 83.4. The second-order valence-corrected chi connectivity index (χ2v) is 39.2. The number of benzene rings is 4. The summed E-state index contributed by atoms with van der Waals surface area (Å²) in [5, 5.41) is 46.6. The fourth-order valence-electron chi connectivity index (χ4n) is 16.5. The van der Waals surface area contributed by atoms with Crippen molar-refractivity contribution in [2.45, 2.75) is 278 Å². The van der Waals surface area contributed by atoms with Gasteiger partial charge in [0.1, 0.15) is 37.4 Å². The normalized spacial score (nSPS) is 17.7. The third kappa shape index (κ3) is 29.8. The van der Waals surface area contributed by atoms with Crippen LogP contribution in [0.15, 0.2) is 121 Å². The first-order chi connectivity index (χ1) is 66.4. The molecule has 0 saturated heterocycles. The maximum Gasteiger partial charge on any atom is 0.416 e. The van der Waals surface area contributed by atoms with Crippen LogP contribution in [0, 0.1) is 11.8 Å². The number of nitrogens with zero attached hydrogens (tertiary/aromatic N) is 6. The summed E-state index contributed by atoms with van der Waals surface area (Å²) in [4.78, 5) is 219. The van der Waals surface area contributed by atoms with E-state index in [1.807, 2.05) is 55.4 Å².